The number of nitrogens with zero attached hydrogens (tertiary/aromatic N) is 2. The van der Waals surface area contributed by atoms with Gasteiger partial charge >= 0.3 is 0 Å². The minimum Gasteiger partial charge on any atom is -0.265 e. The lowest BCUT2D eigenvalue weighted by Crippen LogP contribution is -2.31. The van der Waals surface area contributed by atoms with Gasteiger partial charge < -0.3 is 0 Å². The van der Waals surface area contributed by atoms with Gasteiger partial charge in [0.05, 0.1) is 6.07 Å². The Kier molecular flexibility index (Phi) is 2.87. The Morgan fingerprint density at radius 1 is 1.38 bits per heavy atom. The molecule has 0 bridgehead atoms. The quantitative estimate of drug-likeness (QED) is 0.752. The number of aromatic nitrogens is 1. The van der Waals surface area contributed by atoms with Gasteiger partial charge in [-0.15, -0.1) is 0 Å². The van der Waals surface area contributed by atoms with E-state index in [1.165, 1.54) is 0 Å². The van der Waals surface area contributed by atoms with E-state index in [-0.39, 0.29) is 5.92 Å². The Labute approximate surface area is 95.9 Å². The zero-order chi connectivity index (χ0) is 11.4. The molecule has 1 aliphatic carbocycles. The molecule has 0 aromatic carbocycles. The van der Waals surface area contributed by atoms with Gasteiger partial charge in [-0.2, -0.15) is 5.26 Å². The smallest absolute Gasteiger partial charge is 0.107 e. The molecule has 1 aliphatic rings. The molecular weight excluding hydrogens is 196 g/mol. The summed E-state index contributed by atoms with van der Waals surface area (Å²) >= 11 is 0. The van der Waals surface area contributed by atoms with Gasteiger partial charge in [-0.25, -0.2) is 0 Å². The summed E-state index contributed by atoms with van der Waals surface area (Å²) in [6, 6.07) is 6.32. The van der Waals surface area contributed by atoms with Crippen molar-refractivity contribution in [2.45, 2.75) is 18.8 Å². The van der Waals surface area contributed by atoms with Crippen LogP contribution in [0.1, 0.15) is 18.9 Å². The predicted molar refractivity (Wildman–Crippen MR) is 63.6 cm³/mol. The van der Waals surface area contributed by atoms with Crippen molar-refractivity contribution in [2.75, 3.05) is 0 Å². The molecular formula is C14H14N2. The zero-order valence-electron chi connectivity index (χ0n) is 9.30. The number of hydrogen-bond acceptors (Lipinski definition) is 2. The highest BCUT2D eigenvalue weighted by atomic mass is 14.6. The summed E-state index contributed by atoms with van der Waals surface area (Å²) in [6.45, 7) is 2.11. The number of rotatable bonds is 2. The number of hydrogen-bond donors (Lipinski definition) is 0. The van der Waals surface area contributed by atoms with Crippen molar-refractivity contribution in [3.63, 3.8) is 0 Å². The number of nitriles is 1. The van der Waals surface area contributed by atoms with Crippen molar-refractivity contribution in [1.82, 2.24) is 4.98 Å². The molecule has 2 rings (SSSR count). The van der Waals surface area contributed by atoms with E-state index in [1.807, 2.05) is 30.4 Å². The molecule has 0 amide bonds. The van der Waals surface area contributed by atoms with Gasteiger partial charge in [0.1, 0.15) is 5.41 Å². The fraction of sp³-hybridized carbons (Fsp3) is 0.286. The molecule has 1 aromatic rings. The highest BCUT2D eigenvalue weighted by molar-refractivity contribution is 5.43. The van der Waals surface area contributed by atoms with Crippen LogP contribution in [0.25, 0.3) is 0 Å². The Morgan fingerprint density at radius 2 is 2.12 bits per heavy atom. The van der Waals surface area contributed by atoms with Crippen LogP contribution in [0.4, 0.5) is 0 Å². The molecule has 0 spiro atoms. The van der Waals surface area contributed by atoms with E-state index in [4.69, 9.17) is 0 Å². The molecule has 0 radical (unpaired) electrons. The first-order valence-electron chi connectivity index (χ1n) is 5.51. The Morgan fingerprint density at radius 3 is 2.75 bits per heavy atom. The van der Waals surface area contributed by atoms with E-state index in [0.717, 1.165) is 12.0 Å². The normalized spacial score (nSPS) is 27.6. The highest BCUT2D eigenvalue weighted by Crippen LogP contribution is 2.38. The van der Waals surface area contributed by atoms with Crippen molar-refractivity contribution >= 4 is 0 Å². The van der Waals surface area contributed by atoms with Crippen molar-refractivity contribution in [3.8, 4) is 6.07 Å². The van der Waals surface area contributed by atoms with Crippen LogP contribution in [0, 0.1) is 17.2 Å². The maximum Gasteiger partial charge on any atom is 0.107 e. The molecule has 0 saturated heterocycles. The Balaban J connectivity index is 2.52. The van der Waals surface area contributed by atoms with Crippen LogP contribution in [-0.2, 0) is 5.41 Å². The minimum absolute atomic E-state index is 0.241. The van der Waals surface area contributed by atoms with Crippen molar-refractivity contribution in [2.24, 2.45) is 5.92 Å². The van der Waals surface area contributed by atoms with Crippen molar-refractivity contribution in [3.05, 3.63) is 54.4 Å². The molecule has 0 N–H and O–H groups in total. The first kappa shape index (κ1) is 10.6. The second-order valence-corrected chi connectivity index (χ2v) is 3.98. The fourth-order valence-corrected chi connectivity index (χ4v) is 2.26. The van der Waals surface area contributed by atoms with Gasteiger partial charge in [-0.1, -0.05) is 31.2 Å². The summed E-state index contributed by atoms with van der Waals surface area (Å²) in [6.07, 6.45) is 12.5. The van der Waals surface area contributed by atoms with Gasteiger partial charge in [0.15, 0.2) is 0 Å². The van der Waals surface area contributed by atoms with E-state index in [1.54, 1.807) is 12.4 Å². The minimum atomic E-state index is -0.521. The standard InChI is InChI=1S/C14H14N2/c1-2-12-5-3-4-8-14(12,11-15)13-6-9-16-10-7-13/h3-10,12H,2H2,1H3. The largest absolute Gasteiger partial charge is 0.265 e. The second kappa shape index (κ2) is 4.32. The lowest BCUT2D eigenvalue weighted by Gasteiger charge is -2.32. The summed E-state index contributed by atoms with van der Waals surface area (Å²) in [5, 5.41) is 9.54. The molecule has 2 atom stereocenters. The topological polar surface area (TPSA) is 36.7 Å². The fourth-order valence-electron chi connectivity index (χ4n) is 2.26. The first-order valence-corrected chi connectivity index (χ1v) is 5.51. The molecule has 1 heterocycles. The summed E-state index contributed by atoms with van der Waals surface area (Å²) in [4.78, 5) is 4.00. The van der Waals surface area contributed by atoms with Gasteiger partial charge in [0.2, 0.25) is 0 Å². The van der Waals surface area contributed by atoms with Crippen LogP contribution in [-0.4, -0.2) is 4.98 Å². The molecule has 2 nitrogen and oxygen atoms in total. The van der Waals surface area contributed by atoms with Crippen LogP contribution in [0.3, 0.4) is 0 Å². The van der Waals surface area contributed by atoms with Crippen LogP contribution >= 0.6 is 0 Å². The molecule has 2 heteroatoms. The third-order valence-electron chi connectivity index (χ3n) is 3.18. The van der Waals surface area contributed by atoms with E-state index in [0.29, 0.717) is 0 Å². The van der Waals surface area contributed by atoms with E-state index in [2.05, 4.69) is 24.1 Å². The predicted octanol–water partition coefficient (Wildman–Crippen LogP) is 3.00. The number of allylic oxidation sites excluding steroid dienone is 4. The Bertz CT molecular complexity index is 453. The summed E-state index contributed by atoms with van der Waals surface area (Å²) < 4.78 is 0. The van der Waals surface area contributed by atoms with Crippen LogP contribution in [0.15, 0.2) is 48.8 Å². The molecule has 0 fully saturated rings. The van der Waals surface area contributed by atoms with Crippen molar-refractivity contribution in [1.29, 1.82) is 5.26 Å². The average Bonchev–Trinajstić information content (AvgIpc) is 2.39. The average molecular weight is 210 g/mol. The third-order valence-corrected chi connectivity index (χ3v) is 3.18. The maximum atomic E-state index is 9.54. The molecule has 0 aliphatic heterocycles. The third kappa shape index (κ3) is 1.55. The summed E-state index contributed by atoms with van der Waals surface area (Å²) in [5.74, 6) is 0.241. The van der Waals surface area contributed by atoms with Gasteiger partial charge in [-0.3, -0.25) is 4.98 Å². The van der Waals surface area contributed by atoms with Gasteiger partial charge in [0, 0.05) is 18.3 Å². The monoisotopic (exact) mass is 210 g/mol. The molecule has 1 aromatic heterocycles. The SMILES string of the molecule is CCC1C=CC=CC1(C#N)c1ccncc1. The lowest BCUT2D eigenvalue weighted by atomic mass is 9.68. The molecule has 80 valence electrons. The number of pyridine rings is 1. The molecule has 16 heavy (non-hydrogen) atoms. The molecule has 0 saturated carbocycles. The van der Waals surface area contributed by atoms with Crippen LogP contribution in [0.5, 0.6) is 0 Å². The van der Waals surface area contributed by atoms with Crippen LogP contribution in [0.2, 0.25) is 0 Å². The van der Waals surface area contributed by atoms with E-state index >= 15 is 0 Å². The Hall–Kier alpha value is -1.88. The maximum absolute atomic E-state index is 9.54. The van der Waals surface area contributed by atoms with Gasteiger partial charge in [0.25, 0.3) is 0 Å². The lowest BCUT2D eigenvalue weighted by molar-refractivity contribution is 0.468. The van der Waals surface area contributed by atoms with E-state index in [9.17, 15) is 5.26 Å². The summed E-state index contributed by atoms with van der Waals surface area (Å²) in [5.41, 5.74) is 0.504. The van der Waals surface area contributed by atoms with Crippen LogP contribution < -0.4 is 0 Å². The summed E-state index contributed by atoms with van der Waals surface area (Å²) in [7, 11) is 0. The van der Waals surface area contributed by atoms with E-state index < -0.39 is 5.41 Å². The van der Waals surface area contributed by atoms with Gasteiger partial charge in [-0.05, 0) is 24.1 Å². The second-order valence-electron chi connectivity index (χ2n) is 3.98. The zero-order valence-corrected chi connectivity index (χ0v) is 9.30. The van der Waals surface area contributed by atoms with Crippen molar-refractivity contribution < 1.29 is 0 Å². The molecule has 2 unspecified atom stereocenters. The highest BCUT2D eigenvalue weighted by Gasteiger charge is 2.37. The first-order chi connectivity index (χ1) is 7.83.